The highest BCUT2D eigenvalue weighted by atomic mass is 35.5. The molecule has 3 rings (SSSR count). The maximum Gasteiger partial charge on any atom is 0.290 e. The van der Waals surface area contributed by atoms with Crippen molar-refractivity contribution in [3.05, 3.63) is 92.9 Å². The third-order valence-corrected chi connectivity index (χ3v) is 4.44. The lowest BCUT2D eigenvalue weighted by Crippen LogP contribution is -2.27. The lowest BCUT2D eigenvalue weighted by molar-refractivity contribution is -0.384. The van der Waals surface area contributed by atoms with E-state index in [1.165, 1.54) is 29.4 Å². The summed E-state index contributed by atoms with van der Waals surface area (Å²) in [5, 5.41) is 11.3. The smallest absolute Gasteiger partial charge is 0.290 e. The fraction of sp³-hybridized carbons (Fsp3) is 0.150. The molecule has 0 saturated heterocycles. The number of furan rings is 1. The number of hydrogen-bond donors (Lipinski definition) is 0. The predicted molar refractivity (Wildman–Crippen MR) is 103 cm³/mol. The number of carbonyl (C=O) groups is 1. The van der Waals surface area contributed by atoms with Gasteiger partial charge in [0.1, 0.15) is 12.4 Å². The van der Waals surface area contributed by atoms with Crippen molar-refractivity contribution in [1.82, 2.24) is 4.90 Å². The van der Waals surface area contributed by atoms with Crippen LogP contribution in [-0.2, 0) is 13.2 Å². The van der Waals surface area contributed by atoms with Gasteiger partial charge < -0.3 is 14.1 Å². The number of non-ortho nitro benzene ring substituents is 1. The molecule has 0 spiro atoms. The minimum Gasteiger partial charge on any atom is -0.489 e. The molecule has 0 bridgehead atoms. The standard InChI is InChI=1S/C20H17ClN2O5/c1-22(12-15-11-16(23(25)26)7-8-18(15)21)20(24)19-14(9-10-27-19)13-28-17-5-3-2-4-6-17/h2-11H,12-13H2,1H3. The van der Waals surface area contributed by atoms with Gasteiger partial charge >= 0.3 is 0 Å². The molecule has 8 heteroatoms. The van der Waals surface area contributed by atoms with Crippen LogP contribution in [0.15, 0.2) is 65.3 Å². The van der Waals surface area contributed by atoms with Crippen molar-refractivity contribution in [2.45, 2.75) is 13.2 Å². The van der Waals surface area contributed by atoms with Gasteiger partial charge in [-0.3, -0.25) is 14.9 Å². The number of nitro benzene ring substituents is 1. The van der Waals surface area contributed by atoms with E-state index < -0.39 is 4.92 Å². The molecule has 144 valence electrons. The molecule has 1 amide bonds. The average Bonchev–Trinajstić information content (AvgIpc) is 3.16. The first kappa shape index (κ1) is 19.4. The summed E-state index contributed by atoms with van der Waals surface area (Å²) in [6.45, 7) is 0.270. The largest absolute Gasteiger partial charge is 0.489 e. The van der Waals surface area contributed by atoms with E-state index in [-0.39, 0.29) is 30.5 Å². The molecule has 2 aromatic carbocycles. The maximum absolute atomic E-state index is 12.8. The Labute approximate surface area is 166 Å². The highest BCUT2D eigenvalue weighted by Crippen LogP contribution is 2.24. The van der Waals surface area contributed by atoms with E-state index in [1.807, 2.05) is 30.3 Å². The number of hydrogen-bond acceptors (Lipinski definition) is 5. The topological polar surface area (TPSA) is 85.8 Å². The van der Waals surface area contributed by atoms with Gasteiger partial charge in [-0.25, -0.2) is 0 Å². The number of benzene rings is 2. The summed E-state index contributed by atoms with van der Waals surface area (Å²) in [7, 11) is 1.57. The molecule has 0 aliphatic heterocycles. The van der Waals surface area contributed by atoms with E-state index in [4.69, 9.17) is 20.8 Å². The molecule has 0 fully saturated rings. The van der Waals surface area contributed by atoms with Gasteiger partial charge in [0, 0.05) is 36.3 Å². The van der Waals surface area contributed by atoms with Crippen LogP contribution in [0.5, 0.6) is 5.75 Å². The van der Waals surface area contributed by atoms with Gasteiger partial charge in [-0.15, -0.1) is 0 Å². The van der Waals surface area contributed by atoms with E-state index >= 15 is 0 Å². The third kappa shape index (κ3) is 4.50. The van der Waals surface area contributed by atoms with Gasteiger partial charge in [0.15, 0.2) is 5.76 Å². The summed E-state index contributed by atoms with van der Waals surface area (Å²) in [4.78, 5) is 24.6. The number of nitrogens with zero attached hydrogens (tertiary/aromatic N) is 2. The van der Waals surface area contributed by atoms with Crippen molar-refractivity contribution >= 4 is 23.2 Å². The Hall–Kier alpha value is -3.32. The Balaban J connectivity index is 1.71. The number of rotatable bonds is 7. The van der Waals surface area contributed by atoms with Crippen LogP contribution < -0.4 is 4.74 Å². The van der Waals surface area contributed by atoms with Crippen LogP contribution in [0.1, 0.15) is 21.7 Å². The Kier molecular flexibility index (Phi) is 5.96. The van der Waals surface area contributed by atoms with Gasteiger partial charge in [-0.05, 0) is 29.8 Å². The molecule has 1 heterocycles. The van der Waals surface area contributed by atoms with Gasteiger partial charge in [0.25, 0.3) is 11.6 Å². The molecule has 28 heavy (non-hydrogen) atoms. The molecule has 3 aromatic rings. The van der Waals surface area contributed by atoms with Gasteiger partial charge in [-0.2, -0.15) is 0 Å². The molecular weight excluding hydrogens is 384 g/mol. The highest BCUT2D eigenvalue weighted by molar-refractivity contribution is 6.31. The first-order valence-electron chi connectivity index (χ1n) is 8.38. The normalized spacial score (nSPS) is 10.5. The maximum atomic E-state index is 12.8. The summed E-state index contributed by atoms with van der Waals surface area (Å²) in [5.74, 6) is 0.457. The van der Waals surface area contributed by atoms with E-state index in [0.717, 1.165) is 0 Å². The summed E-state index contributed by atoms with van der Waals surface area (Å²) < 4.78 is 11.0. The lowest BCUT2D eigenvalue weighted by atomic mass is 10.1. The monoisotopic (exact) mass is 400 g/mol. The molecule has 1 aromatic heterocycles. The van der Waals surface area contributed by atoms with E-state index in [9.17, 15) is 14.9 Å². The van der Waals surface area contributed by atoms with Crippen molar-refractivity contribution in [2.24, 2.45) is 0 Å². The van der Waals surface area contributed by atoms with Crippen molar-refractivity contribution in [1.29, 1.82) is 0 Å². The van der Waals surface area contributed by atoms with Crippen LogP contribution in [0.4, 0.5) is 5.69 Å². The predicted octanol–water partition coefficient (Wildman–Crippen LogP) is 4.69. The third-order valence-electron chi connectivity index (χ3n) is 4.07. The number of ether oxygens (including phenoxy) is 1. The first-order valence-corrected chi connectivity index (χ1v) is 8.76. The first-order chi connectivity index (χ1) is 13.5. The minimum atomic E-state index is -0.507. The van der Waals surface area contributed by atoms with Crippen LogP contribution in [0.2, 0.25) is 5.02 Å². The fourth-order valence-electron chi connectivity index (χ4n) is 2.61. The van der Waals surface area contributed by atoms with Crippen molar-refractivity contribution < 1.29 is 18.9 Å². The number of para-hydroxylation sites is 1. The lowest BCUT2D eigenvalue weighted by Gasteiger charge is -2.17. The molecule has 0 aliphatic carbocycles. The zero-order valence-electron chi connectivity index (χ0n) is 15.0. The summed E-state index contributed by atoms with van der Waals surface area (Å²) >= 11 is 6.12. The van der Waals surface area contributed by atoms with E-state index in [0.29, 0.717) is 21.9 Å². The minimum absolute atomic E-state index is 0.0878. The molecule has 0 aliphatic rings. The second-order valence-electron chi connectivity index (χ2n) is 6.07. The Morgan fingerprint density at radius 3 is 2.64 bits per heavy atom. The average molecular weight is 401 g/mol. The highest BCUT2D eigenvalue weighted by Gasteiger charge is 2.21. The molecular formula is C20H17ClN2O5. The second-order valence-corrected chi connectivity index (χ2v) is 6.48. The number of halogens is 1. The fourth-order valence-corrected chi connectivity index (χ4v) is 2.79. The molecule has 0 saturated carbocycles. The van der Waals surface area contributed by atoms with E-state index in [2.05, 4.69) is 0 Å². The number of amides is 1. The summed E-state index contributed by atoms with van der Waals surface area (Å²) in [6, 6.07) is 15.0. The molecule has 0 unspecified atom stereocenters. The Morgan fingerprint density at radius 2 is 1.93 bits per heavy atom. The van der Waals surface area contributed by atoms with Crippen LogP contribution in [0, 0.1) is 10.1 Å². The summed E-state index contributed by atoms with van der Waals surface area (Å²) in [5.41, 5.74) is 0.987. The molecule has 0 radical (unpaired) electrons. The number of carbonyl (C=O) groups excluding carboxylic acids is 1. The van der Waals surface area contributed by atoms with Crippen LogP contribution in [0.25, 0.3) is 0 Å². The van der Waals surface area contributed by atoms with Crippen LogP contribution in [0.3, 0.4) is 0 Å². The van der Waals surface area contributed by atoms with Crippen molar-refractivity contribution in [3.63, 3.8) is 0 Å². The quantitative estimate of drug-likeness (QED) is 0.424. The van der Waals surface area contributed by atoms with Gasteiger partial charge in [0.05, 0.1) is 11.2 Å². The number of nitro groups is 1. The van der Waals surface area contributed by atoms with Gasteiger partial charge in [-0.1, -0.05) is 29.8 Å². The van der Waals surface area contributed by atoms with E-state index in [1.54, 1.807) is 13.1 Å². The molecule has 7 nitrogen and oxygen atoms in total. The molecule has 0 N–H and O–H groups in total. The Bertz CT molecular complexity index is 987. The second kappa shape index (κ2) is 8.58. The SMILES string of the molecule is CN(Cc1cc([N+](=O)[O-])ccc1Cl)C(=O)c1occc1COc1ccccc1. The van der Waals surface area contributed by atoms with Gasteiger partial charge in [0.2, 0.25) is 0 Å². The van der Waals surface area contributed by atoms with Crippen molar-refractivity contribution in [2.75, 3.05) is 7.05 Å². The van der Waals surface area contributed by atoms with Crippen LogP contribution >= 0.6 is 11.6 Å². The summed E-state index contributed by atoms with van der Waals surface area (Å²) in [6.07, 6.45) is 1.42. The zero-order valence-corrected chi connectivity index (χ0v) is 15.8. The molecule has 0 atom stereocenters. The zero-order chi connectivity index (χ0) is 20.1. The Morgan fingerprint density at radius 1 is 1.18 bits per heavy atom. The van der Waals surface area contributed by atoms with Crippen molar-refractivity contribution in [3.8, 4) is 5.75 Å². The van der Waals surface area contributed by atoms with Crippen LogP contribution in [-0.4, -0.2) is 22.8 Å².